The van der Waals surface area contributed by atoms with Crippen LogP contribution in [-0.4, -0.2) is 34.1 Å². The highest BCUT2D eigenvalue weighted by Gasteiger charge is 2.12. The van der Waals surface area contributed by atoms with Crippen LogP contribution in [-0.2, 0) is 6.54 Å². The fraction of sp³-hybridized carbons (Fsp3) is 0.500. The lowest BCUT2D eigenvalue weighted by molar-refractivity contribution is 0.278. The molecule has 0 bridgehead atoms. The average Bonchev–Trinajstić information content (AvgIpc) is 2.72. The van der Waals surface area contributed by atoms with E-state index in [2.05, 4.69) is 23.7 Å². The van der Waals surface area contributed by atoms with Gasteiger partial charge in [0.2, 0.25) is 5.95 Å². The van der Waals surface area contributed by atoms with Gasteiger partial charge in [-0.25, -0.2) is 9.37 Å². The van der Waals surface area contributed by atoms with Crippen LogP contribution in [0.1, 0.15) is 20.3 Å². The first-order chi connectivity index (χ1) is 9.17. The minimum absolute atomic E-state index is 0.316. The molecule has 0 radical (unpaired) electrons. The third-order valence-corrected chi connectivity index (χ3v) is 3.39. The topological polar surface area (TPSA) is 47.1 Å². The lowest BCUT2D eigenvalue weighted by atomic mass is 10.3. The summed E-state index contributed by atoms with van der Waals surface area (Å²) in [5.74, 6) is 0.0662. The zero-order chi connectivity index (χ0) is 13.8. The van der Waals surface area contributed by atoms with Gasteiger partial charge in [0.15, 0.2) is 5.82 Å². The number of rotatable bonds is 6. The summed E-state index contributed by atoms with van der Waals surface area (Å²) in [7, 11) is 0. The van der Waals surface area contributed by atoms with Gasteiger partial charge >= 0.3 is 0 Å². The summed E-state index contributed by atoms with van der Waals surface area (Å²) >= 11 is 0. The molecule has 2 rings (SSSR count). The molecule has 2 aromatic rings. The fourth-order valence-electron chi connectivity index (χ4n) is 2.35. The molecule has 5 heteroatoms. The predicted molar refractivity (Wildman–Crippen MR) is 76.5 cm³/mol. The van der Waals surface area contributed by atoms with Crippen LogP contribution in [0, 0.1) is 5.82 Å². The quantitative estimate of drug-likeness (QED) is 0.872. The summed E-state index contributed by atoms with van der Waals surface area (Å²) in [4.78, 5) is 6.46. The molecule has 0 aliphatic rings. The van der Waals surface area contributed by atoms with E-state index >= 15 is 0 Å². The van der Waals surface area contributed by atoms with E-state index in [-0.39, 0.29) is 5.82 Å². The summed E-state index contributed by atoms with van der Waals surface area (Å²) in [5.41, 5.74) is 7.02. The number of nitrogens with two attached hydrogens (primary N) is 1. The highest BCUT2D eigenvalue weighted by Crippen LogP contribution is 2.20. The third kappa shape index (κ3) is 2.87. The Morgan fingerprint density at radius 3 is 2.79 bits per heavy atom. The van der Waals surface area contributed by atoms with Gasteiger partial charge in [-0.1, -0.05) is 19.9 Å². The number of benzene rings is 1. The molecule has 104 valence electrons. The molecule has 2 N–H and O–H groups in total. The summed E-state index contributed by atoms with van der Waals surface area (Å²) in [6.07, 6.45) is 1.13. The minimum Gasteiger partial charge on any atom is -0.369 e. The second kappa shape index (κ2) is 6.02. The first kappa shape index (κ1) is 13.8. The van der Waals surface area contributed by atoms with Gasteiger partial charge in [-0.15, -0.1) is 0 Å². The highest BCUT2D eigenvalue weighted by molar-refractivity contribution is 5.78. The van der Waals surface area contributed by atoms with E-state index in [1.165, 1.54) is 6.07 Å². The molecule has 0 aliphatic heterocycles. The SMILES string of the molecule is CCCN(CC)CCn1c(N)nc2c(F)cccc21. The molecule has 1 aromatic heterocycles. The first-order valence-electron chi connectivity index (χ1n) is 6.80. The van der Waals surface area contributed by atoms with Crippen LogP contribution in [0.25, 0.3) is 11.0 Å². The first-order valence-corrected chi connectivity index (χ1v) is 6.80. The van der Waals surface area contributed by atoms with Crippen molar-refractivity contribution >= 4 is 17.0 Å². The number of fused-ring (bicyclic) bond motifs is 1. The highest BCUT2D eigenvalue weighted by atomic mass is 19.1. The second-order valence-electron chi connectivity index (χ2n) is 4.66. The number of hydrogen-bond acceptors (Lipinski definition) is 3. The van der Waals surface area contributed by atoms with Crippen LogP contribution in [0.15, 0.2) is 18.2 Å². The Labute approximate surface area is 113 Å². The summed E-state index contributed by atoms with van der Waals surface area (Å²) < 4.78 is 15.5. The Morgan fingerprint density at radius 1 is 1.32 bits per heavy atom. The Bertz CT molecular complexity index is 550. The molecule has 1 aromatic carbocycles. The second-order valence-corrected chi connectivity index (χ2v) is 4.66. The van der Waals surface area contributed by atoms with Crippen molar-refractivity contribution < 1.29 is 4.39 Å². The van der Waals surface area contributed by atoms with Gasteiger partial charge in [-0.2, -0.15) is 0 Å². The van der Waals surface area contributed by atoms with Crippen LogP contribution in [0.4, 0.5) is 10.3 Å². The van der Waals surface area contributed by atoms with E-state index in [9.17, 15) is 4.39 Å². The largest absolute Gasteiger partial charge is 0.369 e. The number of nitrogen functional groups attached to an aromatic ring is 1. The molecule has 0 unspecified atom stereocenters. The van der Waals surface area contributed by atoms with Gasteiger partial charge in [-0.05, 0) is 31.6 Å². The zero-order valence-electron chi connectivity index (χ0n) is 11.6. The fourth-order valence-corrected chi connectivity index (χ4v) is 2.35. The van der Waals surface area contributed by atoms with Crippen molar-refractivity contribution in [2.75, 3.05) is 25.4 Å². The third-order valence-electron chi connectivity index (χ3n) is 3.39. The van der Waals surface area contributed by atoms with Crippen molar-refractivity contribution in [1.29, 1.82) is 0 Å². The molecule has 0 saturated carbocycles. The van der Waals surface area contributed by atoms with Gasteiger partial charge < -0.3 is 15.2 Å². The monoisotopic (exact) mass is 264 g/mol. The molecule has 0 atom stereocenters. The van der Waals surface area contributed by atoms with E-state index in [0.29, 0.717) is 11.5 Å². The summed E-state index contributed by atoms with van der Waals surface area (Å²) in [6.45, 7) is 8.02. The molecule has 0 spiro atoms. The smallest absolute Gasteiger partial charge is 0.201 e. The zero-order valence-corrected chi connectivity index (χ0v) is 11.6. The Morgan fingerprint density at radius 2 is 2.11 bits per heavy atom. The summed E-state index contributed by atoms with van der Waals surface area (Å²) in [6, 6.07) is 4.96. The van der Waals surface area contributed by atoms with Gasteiger partial charge in [-0.3, -0.25) is 0 Å². The number of nitrogens with zero attached hydrogens (tertiary/aromatic N) is 3. The molecule has 0 amide bonds. The molecule has 0 saturated heterocycles. The predicted octanol–water partition coefficient (Wildman–Crippen LogP) is 2.49. The lowest BCUT2D eigenvalue weighted by Crippen LogP contribution is -2.28. The maximum absolute atomic E-state index is 13.6. The van der Waals surface area contributed by atoms with Crippen molar-refractivity contribution in [2.24, 2.45) is 0 Å². The lowest BCUT2D eigenvalue weighted by Gasteiger charge is -2.20. The van der Waals surface area contributed by atoms with Crippen molar-refractivity contribution in [1.82, 2.24) is 14.5 Å². The number of para-hydroxylation sites is 1. The Balaban J connectivity index is 2.21. The molecule has 19 heavy (non-hydrogen) atoms. The molecule has 4 nitrogen and oxygen atoms in total. The van der Waals surface area contributed by atoms with Crippen molar-refractivity contribution in [3.63, 3.8) is 0 Å². The van der Waals surface area contributed by atoms with Crippen LogP contribution in [0.3, 0.4) is 0 Å². The van der Waals surface area contributed by atoms with Crippen molar-refractivity contribution in [3.05, 3.63) is 24.0 Å². The number of anilines is 1. The Hall–Kier alpha value is -1.62. The van der Waals surface area contributed by atoms with Gasteiger partial charge in [0.1, 0.15) is 5.52 Å². The van der Waals surface area contributed by atoms with Crippen molar-refractivity contribution in [3.8, 4) is 0 Å². The molecular weight excluding hydrogens is 243 g/mol. The van der Waals surface area contributed by atoms with E-state index in [0.717, 1.165) is 38.1 Å². The standard InChI is InChI=1S/C14H21FN4/c1-3-8-18(4-2)9-10-19-12-7-5-6-11(15)13(12)17-14(19)16/h5-7H,3-4,8-10H2,1-2H3,(H2,16,17). The average molecular weight is 264 g/mol. The van der Waals surface area contributed by atoms with Gasteiger partial charge in [0.25, 0.3) is 0 Å². The normalized spacial score (nSPS) is 11.6. The van der Waals surface area contributed by atoms with E-state index in [4.69, 9.17) is 5.73 Å². The Kier molecular flexibility index (Phi) is 4.37. The van der Waals surface area contributed by atoms with Crippen LogP contribution >= 0.6 is 0 Å². The molecule has 0 aliphatic carbocycles. The van der Waals surface area contributed by atoms with Gasteiger partial charge in [0.05, 0.1) is 5.52 Å². The molecular formula is C14H21FN4. The number of halogens is 1. The van der Waals surface area contributed by atoms with Crippen LogP contribution in [0.2, 0.25) is 0 Å². The number of hydrogen-bond donors (Lipinski definition) is 1. The van der Waals surface area contributed by atoms with E-state index < -0.39 is 0 Å². The van der Waals surface area contributed by atoms with Crippen LogP contribution in [0.5, 0.6) is 0 Å². The van der Waals surface area contributed by atoms with Gasteiger partial charge in [0, 0.05) is 13.1 Å². The number of likely N-dealkylation sites (N-methyl/N-ethyl adjacent to an activating group) is 1. The van der Waals surface area contributed by atoms with E-state index in [1.807, 2.05) is 10.6 Å². The van der Waals surface area contributed by atoms with Crippen LogP contribution < -0.4 is 5.73 Å². The minimum atomic E-state index is -0.316. The number of aromatic nitrogens is 2. The molecule has 0 fully saturated rings. The molecule has 1 heterocycles. The van der Waals surface area contributed by atoms with E-state index in [1.54, 1.807) is 6.07 Å². The van der Waals surface area contributed by atoms with Crippen molar-refractivity contribution in [2.45, 2.75) is 26.8 Å². The summed E-state index contributed by atoms with van der Waals surface area (Å²) in [5, 5.41) is 0. The maximum atomic E-state index is 13.6. The number of imidazole rings is 1. The maximum Gasteiger partial charge on any atom is 0.201 e.